The summed E-state index contributed by atoms with van der Waals surface area (Å²) in [5.41, 5.74) is 3.00. The molecule has 2 aromatic rings. The molecule has 8 nitrogen and oxygen atoms in total. The van der Waals surface area contributed by atoms with Gasteiger partial charge in [0.2, 0.25) is 10.0 Å². The van der Waals surface area contributed by atoms with Crippen molar-refractivity contribution in [1.82, 2.24) is 8.87 Å². The van der Waals surface area contributed by atoms with Crippen LogP contribution in [0.15, 0.2) is 29.2 Å². The number of nitrogens with zero attached hydrogens (tertiary/aromatic N) is 2. The number of anilines is 1. The number of aryl methyl sites for hydroxylation is 1. The molecule has 1 aliphatic carbocycles. The van der Waals surface area contributed by atoms with E-state index in [4.69, 9.17) is 9.47 Å². The van der Waals surface area contributed by atoms with Gasteiger partial charge in [0.1, 0.15) is 10.6 Å². The average Bonchev–Trinajstić information content (AvgIpc) is 3.52. The summed E-state index contributed by atoms with van der Waals surface area (Å²) in [6, 6.07) is 7.04. The lowest BCUT2D eigenvalue weighted by molar-refractivity contribution is 0.0729. The van der Waals surface area contributed by atoms with Crippen molar-refractivity contribution in [2.24, 2.45) is 0 Å². The highest BCUT2D eigenvalue weighted by Gasteiger charge is 2.31. The number of rotatable bonds is 6. The molecule has 1 aliphatic heterocycles. The highest BCUT2D eigenvalue weighted by Crippen LogP contribution is 2.38. The van der Waals surface area contributed by atoms with Gasteiger partial charge in [-0.1, -0.05) is 0 Å². The number of amides is 1. The van der Waals surface area contributed by atoms with Crippen molar-refractivity contribution >= 4 is 21.6 Å². The van der Waals surface area contributed by atoms with E-state index in [9.17, 15) is 13.2 Å². The van der Waals surface area contributed by atoms with Crippen LogP contribution in [-0.2, 0) is 14.8 Å². The number of morpholine rings is 1. The number of sulfonamides is 1. The lowest BCUT2D eigenvalue weighted by atomic mass is 10.2. The first-order chi connectivity index (χ1) is 14.3. The monoisotopic (exact) mass is 433 g/mol. The molecule has 1 amide bonds. The van der Waals surface area contributed by atoms with Crippen LogP contribution in [0.3, 0.4) is 0 Å². The van der Waals surface area contributed by atoms with Crippen LogP contribution in [0.25, 0.3) is 0 Å². The van der Waals surface area contributed by atoms with E-state index >= 15 is 0 Å². The second-order valence-corrected chi connectivity index (χ2v) is 9.63. The Kier molecular flexibility index (Phi) is 5.61. The Bertz CT molecular complexity index is 1070. The van der Waals surface area contributed by atoms with Gasteiger partial charge in [-0.15, -0.1) is 0 Å². The number of hydrogen-bond donors (Lipinski definition) is 1. The third kappa shape index (κ3) is 3.84. The van der Waals surface area contributed by atoms with Gasteiger partial charge in [0, 0.05) is 36.2 Å². The zero-order valence-electron chi connectivity index (χ0n) is 17.5. The number of carbonyl (C=O) groups excluding carboxylic acids is 1. The molecule has 2 heterocycles. The summed E-state index contributed by atoms with van der Waals surface area (Å²) in [6.45, 7) is 5.23. The van der Waals surface area contributed by atoms with Crippen LogP contribution in [0, 0.1) is 13.8 Å². The van der Waals surface area contributed by atoms with E-state index in [0.29, 0.717) is 30.5 Å². The van der Waals surface area contributed by atoms with Crippen molar-refractivity contribution in [3.8, 4) is 5.75 Å². The zero-order chi connectivity index (χ0) is 21.5. The van der Waals surface area contributed by atoms with E-state index in [0.717, 1.165) is 24.2 Å². The van der Waals surface area contributed by atoms with Gasteiger partial charge >= 0.3 is 0 Å². The maximum atomic E-state index is 13.1. The minimum absolute atomic E-state index is 0.0353. The van der Waals surface area contributed by atoms with Crippen LogP contribution < -0.4 is 10.1 Å². The molecule has 0 spiro atoms. The van der Waals surface area contributed by atoms with Crippen LogP contribution in [0.4, 0.5) is 5.69 Å². The molecule has 0 bridgehead atoms. The van der Waals surface area contributed by atoms with E-state index in [-0.39, 0.29) is 29.6 Å². The fourth-order valence-electron chi connectivity index (χ4n) is 3.98. The van der Waals surface area contributed by atoms with E-state index in [1.165, 1.54) is 17.5 Å². The van der Waals surface area contributed by atoms with Crippen molar-refractivity contribution in [2.75, 3.05) is 38.7 Å². The lowest BCUT2D eigenvalue weighted by Gasteiger charge is -2.26. The van der Waals surface area contributed by atoms with Crippen molar-refractivity contribution in [3.05, 3.63) is 41.2 Å². The van der Waals surface area contributed by atoms with E-state index in [1.807, 2.05) is 19.9 Å². The van der Waals surface area contributed by atoms with Gasteiger partial charge in [-0.05, 0) is 51.0 Å². The first-order valence-electron chi connectivity index (χ1n) is 10.1. The van der Waals surface area contributed by atoms with Crippen LogP contribution in [-0.4, -0.2) is 56.6 Å². The number of benzene rings is 1. The molecule has 162 valence electrons. The second-order valence-electron chi connectivity index (χ2n) is 7.72. The molecule has 2 fully saturated rings. The molecular formula is C21H27N3O5S. The molecule has 0 radical (unpaired) electrons. The lowest BCUT2D eigenvalue weighted by Crippen LogP contribution is -2.40. The van der Waals surface area contributed by atoms with Crippen molar-refractivity contribution in [1.29, 1.82) is 0 Å². The summed E-state index contributed by atoms with van der Waals surface area (Å²) in [6.07, 6.45) is 2.28. The summed E-state index contributed by atoms with van der Waals surface area (Å²) >= 11 is 0. The first kappa shape index (κ1) is 20.9. The topological polar surface area (TPSA) is 89.9 Å². The molecule has 1 N–H and O–H groups in total. The van der Waals surface area contributed by atoms with Gasteiger partial charge in [0.25, 0.3) is 5.91 Å². The predicted molar refractivity (Wildman–Crippen MR) is 113 cm³/mol. The molecule has 4 rings (SSSR count). The van der Waals surface area contributed by atoms with Crippen LogP contribution in [0.2, 0.25) is 0 Å². The molecular weight excluding hydrogens is 406 g/mol. The number of methoxy groups -OCH3 is 1. The Morgan fingerprint density at radius 2 is 1.87 bits per heavy atom. The zero-order valence-corrected chi connectivity index (χ0v) is 18.3. The molecule has 9 heteroatoms. The third-order valence-electron chi connectivity index (χ3n) is 5.65. The van der Waals surface area contributed by atoms with Crippen LogP contribution in [0.1, 0.15) is 40.6 Å². The SMILES string of the molecule is COc1ccc(NC(=O)c2cc(C)n(C3CC3)c2C)cc1S(=O)(=O)N1CCOCC1. The molecule has 2 aliphatic rings. The first-order valence-corrected chi connectivity index (χ1v) is 11.5. The number of nitrogens with one attached hydrogen (secondary N) is 1. The van der Waals surface area contributed by atoms with Gasteiger partial charge in [-0.3, -0.25) is 4.79 Å². The highest BCUT2D eigenvalue weighted by molar-refractivity contribution is 7.89. The molecule has 1 saturated heterocycles. The highest BCUT2D eigenvalue weighted by atomic mass is 32.2. The third-order valence-corrected chi connectivity index (χ3v) is 7.57. The maximum absolute atomic E-state index is 13.1. The Morgan fingerprint density at radius 1 is 1.17 bits per heavy atom. The largest absolute Gasteiger partial charge is 0.495 e. The Hall–Kier alpha value is -2.36. The van der Waals surface area contributed by atoms with Gasteiger partial charge in [-0.2, -0.15) is 4.31 Å². The molecule has 0 atom stereocenters. The molecule has 1 aromatic carbocycles. The summed E-state index contributed by atoms with van der Waals surface area (Å²) < 4.78 is 40.4. The van der Waals surface area contributed by atoms with Crippen LogP contribution >= 0.6 is 0 Å². The minimum atomic E-state index is -3.77. The van der Waals surface area contributed by atoms with Gasteiger partial charge in [-0.25, -0.2) is 8.42 Å². The van der Waals surface area contributed by atoms with Crippen molar-refractivity contribution in [3.63, 3.8) is 0 Å². The Morgan fingerprint density at radius 3 is 2.50 bits per heavy atom. The number of ether oxygens (including phenoxy) is 2. The van der Waals surface area contributed by atoms with E-state index in [2.05, 4.69) is 9.88 Å². The second kappa shape index (κ2) is 8.05. The standard InChI is InChI=1S/C21H27N3O5S/c1-14-12-18(15(2)24(14)17-5-6-17)21(25)22-16-4-7-19(28-3)20(13-16)30(26,27)23-8-10-29-11-9-23/h4,7,12-13,17H,5-6,8-11H2,1-3H3,(H,22,25). The molecule has 30 heavy (non-hydrogen) atoms. The number of aromatic nitrogens is 1. The van der Waals surface area contributed by atoms with Crippen LogP contribution in [0.5, 0.6) is 5.75 Å². The quantitative estimate of drug-likeness (QED) is 0.757. The smallest absolute Gasteiger partial charge is 0.257 e. The van der Waals surface area contributed by atoms with Gasteiger partial charge in [0.15, 0.2) is 0 Å². The normalized spacial score (nSPS) is 17.7. The predicted octanol–water partition coefficient (Wildman–Crippen LogP) is 2.72. The number of hydrogen-bond acceptors (Lipinski definition) is 5. The fraction of sp³-hybridized carbons (Fsp3) is 0.476. The van der Waals surface area contributed by atoms with Gasteiger partial charge in [0.05, 0.1) is 25.9 Å². The average molecular weight is 434 g/mol. The molecule has 1 aromatic heterocycles. The van der Waals surface area contributed by atoms with Crippen molar-refractivity contribution < 1.29 is 22.7 Å². The Balaban J connectivity index is 1.62. The Labute approximate surface area is 176 Å². The molecule has 0 unspecified atom stereocenters. The minimum Gasteiger partial charge on any atom is -0.495 e. The summed E-state index contributed by atoms with van der Waals surface area (Å²) in [5, 5.41) is 2.85. The summed E-state index contributed by atoms with van der Waals surface area (Å²) in [7, 11) is -2.34. The molecule has 1 saturated carbocycles. The van der Waals surface area contributed by atoms with E-state index < -0.39 is 10.0 Å². The van der Waals surface area contributed by atoms with E-state index in [1.54, 1.807) is 12.1 Å². The fourth-order valence-corrected chi connectivity index (χ4v) is 5.57. The van der Waals surface area contributed by atoms with Crippen molar-refractivity contribution in [2.45, 2.75) is 37.6 Å². The van der Waals surface area contributed by atoms with Gasteiger partial charge < -0.3 is 19.4 Å². The summed E-state index contributed by atoms with van der Waals surface area (Å²) in [4.78, 5) is 13.0. The number of carbonyl (C=O) groups is 1. The summed E-state index contributed by atoms with van der Waals surface area (Å²) in [5.74, 6) is -0.0127. The maximum Gasteiger partial charge on any atom is 0.257 e.